The van der Waals surface area contributed by atoms with Crippen molar-refractivity contribution in [2.45, 2.75) is 25.7 Å². The van der Waals surface area contributed by atoms with Crippen LogP contribution < -0.4 is 5.32 Å². The van der Waals surface area contributed by atoms with Gasteiger partial charge in [0, 0.05) is 34.5 Å². The fourth-order valence-electron chi connectivity index (χ4n) is 2.20. The highest BCUT2D eigenvalue weighted by molar-refractivity contribution is 9.10. The van der Waals surface area contributed by atoms with Crippen molar-refractivity contribution in [1.82, 2.24) is 10.3 Å². The summed E-state index contributed by atoms with van der Waals surface area (Å²) < 4.78 is 1.06. The Morgan fingerprint density at radius 2 is 2.30 bits per heavy atom. The van der Waals surface area contributed by atoms with Crippen molar-refractivity contribution in [2.24, 2.45) is 0 Å². The molecule has 1 aromatic heterocycles. The number of H-pyrrole nitrogens is 1. The second-order valence-electron chi connectivity index (χ2n) is 4.78. The van der Waals surface area contributed by atoms with Gasteiger partial charge in [0.15, 0.2) is 0 Å². The zero-order valence-electron chi connectivity index (χ0n) is 11.4. The van der Waals surface area contributed by atoms with Gasteiger partial charge in [0.05, 0.1) is 0 Å². The lowest BCUT2D eigenvalue weighted by atomic mass is 10.1. The second kappa shape index (κ2) is 7.29. The summed E-state index contributed by atoms with van der Waals surface area (Å²) in [6.45, 7) is 4.33. The van der Waals surface area contributed by atoms with E-state index >= 15 is 0 Å². The number of hydrogen-bond acceptors (Lipinski definition) is 1. The molecule has 0 atom stereocenters. The molecule has 0 aliphatic rings. The zero-order valence-corrected chi connectivity index (χ0v) is 13.0. The highest BCUT2D eigenvalue weighted by atomic mass is 79.9. The summed E-state index contributed by atoms with van der Waals surface area (Å²) in [6, 6.07) is 6.19. The van der Waals surface area contributed by atoms with Crippen LogP contribution in [-0.4, -0.2) is 17.4 Å². The average molecular weight is 335 g/mol. The quantitative estimate of drug-likeness (QED) is 0.584. The van der Waals surface area contributed by atoms with Crippen molar-refractivity contribution in [1.29, 1.82) is 0 Å². The summed E-state index contributed by atoms with van der Waals surface area (Å²) in [6.07, 6.45) is 7.04. The van der Waals surface area contributed by atoms with Gasteiger partial charge in [0.25, 0.3) is 0 Å². The molecule has 0 aliphatic heterocycles. The summed E-state index contributed by atoms with van der Waals surface area (Å²) in [7, 11) is 0. The van der Waals surface area contributed by atoms with Gasteiger partial charge in [0.2, 0.25) is 5.91 Å². The van der Waals surface area contributed by atoms with Gasteiger partial charge in [-0.25, -0.2) is 0 Å². The molecule has 0 fully saturated rings. The van der Waals surface area contributed by atoms with E-state index < -0.39 is 0 Å². The van der Waals surface area contributed by atoms with E-state index in [1.165, 1.54) is 10.9 Å². The van der Waals surface area contributed by atoms with E-state index in [1.54, 1.807) is 0 Å². The predicted octanol–water partition coefficient (Wildman–Crippen LogP) is 3.95. The number of carbonyl (C=O) groups is 1. The first kappa shape index (κ1) is 14.9. The Kier molecular flexibility index (Phi) is 5.41. The lowest BCUT2D eigenvalue weighted by molar-refractivity contribution is -0.121. The maximum Gasteiger partial charge on any atom is 0.220 e. The average Bonchev–Trinajstić information content (AvgIpc) is 2.81. The minimum absolute atomic E-state index is 0.120. The molecule has 2 aromatic rings. The number of hydrogen-bond donors (Lipinski definition) is 2. The molecule has 2 N–H and O–H groups in total. The van der Waals surface area contributed by atoms with Crippen molar-refractivity contribution in [2.75, 3.05) is 6.54 Å². The number of rotatable bonds is 7. The first-order valence-electron chi connectivity index (χ1n) is 6.84. The molecule has 3 nitrogen and oxygen atoms in total. The number of aromatic nitrogens is 1. The number of fused-ring (bicyclic) bond motifs is 1. The molecule has 0 saturated carbocycles. The van der Waals surface area contributed by atoms with Crippen molar-refractivity contribution in [3.63, 3.8) is 0 Å². The predicted molar refractivity (Wildman–Crippen MR) is 86.8 cm³/mol. The van der Waals surface area contributed by atoms with Gasteiger partial charge in [-0.05, 0) is 37.0 Å². The van der Waals surface area contributed by atoms with E-state index in [1.807, 2.05) is 18.3 Å². The monoisotopic (exact) mass is 334 g/mol. The molecular formula is C16H19BrN2O. The molecule has 4 heteroatoms. The van der Waals surface area contributed by atoms with E-state index in [4.69, 9.17) is 0 Å². The van der Waals surface area contributed by atoms with Crippen LogP contribution >= 0.6 is 15.9 Å². The summed E-state index contributed by atoms with van der Waals surface area (Å²) in [5, 5.41) is 4.18. The van der Waals surface area contributed by atoms with Crippen LogP contribution in [0.5, 0.6) is 0 Å². The third-order valence-corrected chi connectivity index (χ3v) is 3.75. The van der Waals surface area contributed by atoms with Gasteiger partial charge in [-0.15, -0.1) is 6.58 Å². The summed E-state index contributed by atoms with van der Waals surface area (Å²) in [5.41, 5.74) is 2.35. The molecule has 2 rings (SSSR count). The number of allylic oxidation sites excluding steroid dienone is 1. The lowest BCUT2D eigenvalue weighted by Gasteiger charge is -2.04. The van der Waals surface area contributed by atoms with Crippen molar-refractivity contribution < 1.29 is 4.79 Å². The van der Waals surface area contributed by atoms with Crippen molar-refractivity contribution >= 4 is 32.7 Å². The maximum absolute atomic E-state index is 11.6. The number of benzene rings is 1. The van der Waals surface area contributed by atoms with Gasteiger partial charge >= 0.3 is 0 Å². The summed E-state index contributed by atoms with van der Waals surface area (Å²) in [4.78, 5) is 14.9. The van der Waals surface area contributed by atoms with E-state index in [-0.39, 0.29) is 5.91 Å². The fraction of sp³-hybridized carbons (Fsp3) is 0.312. The Balaban J connectivity index is 1.84. The Morgan fingerprint density at radius 3 is 3.10 bits per heavy atom. The molecule has 0 aliphatic carbocycles. The third kappa shape index (κ3) is 3.97. The van der Waals surface area contributed by atoms with E-state index in [0.29, 0.717) is 13.0 Å². The number of aromatic amines is 1. The number of carbonyl (C=O) groups excluding carboxylic acids is 1. The Labute approximate surface area is 127 Å². The number of nitrogens with one attached hydrogen (secondary N) is 2. The van der Waals surface area contributed by atoms with Crippen molar-refractivity contribution in [3.05, 3.63) is 47.1 Å². The first-order valence-corrected chi connectivity index (χ1v) is 7.63. The van der Waals surface area contributed by atoms with E-state index in [9.17, 15) is 4.79 Å². The van der Waals surface area contributed by atoms with Crippen LogP contribution in [0.4, 0.5) is 0 Å². The SMILES string of the molecule is C=CCCCC(=O)NCCc1c[nH]c2cc(Br)ccc12. The van der Waals surface area contributed by atoms with Crippen LogP contribution in [0.25, 0.3) is 10.9 Å². The van der Waals surface area contributed by atoms with Gasteiger partial charge in [-0.3, -0.25) is 4.79 Å². The number of amides is 1. The second-order valence-corrected chi connectivity index (χ2v) is 5.70. The fourth-order valence-corrected chi connectivity index (χ4v) is 2.56. The lowest BCUT2D eigenvalue weighted by Crippen LogP contribution is -2.25. The maximum atomic E-state index is 11.6. The van der Waals surface area contributed by atoms with Crippen LogP contribution in [0.1, 0.15) is 24.8 Å². The molecule has 20 heavy (non-hydrogen) atoms. The minimum Gasteiger partial charge on any atom is -0.361 e. The Hall–Kier alpha value is -1.55. The Bertz CT molecular complexity index is 604. The smallest absolute Gasteiger partial charge is 0.220 e. The molecule has 0 spiro atoms. The van der Waals surface area contributed by atoms with Crippen LogP contribution in [0.2, 0.25) is 0 Å². The van der Waals surface area contributed by atoms with Gasteiger partial charge in [-0.1, -0.05) is 28.1 Å². The summed E-state index contributed by atoms with van der Waals surface area (Å²) in [5.74, 6) is 0.120. The molecule has 1 heterocycles. The largest absolute Gasteiger partial charge is 0.361 e. The van der Waals surface area contributed by atoms with E-state index in [2.05, 4.69) is 44.9 Å². The highest BCUT2D eigenvalue weighted by Gasteiger charge is 2.05. The first-order chi connectivity index (χ1) is 9.70. The van der Waals surface area contributed by atoms with Crippen LogP contribution in [-0.2, 0) is 11.2 Å². The highest BCUT2D eigenvalue weighted by Crippen LogP contribution is 2.22. The van der Waals surface area contributed by atoms with Crippen molar-refractivity contribution in [3.8, 4) is 0 Å². The number of unbranched alkanes of at least 4 members (excludes halogenated alkanes) is 1. The minimum atomic E-state index is 0.120. The molecule has 0 saturated heterocycles. The third-order valence-electron chi connectivity index (χ3n) is 3.26. The molecule has 0 radical (unpaired) electrons. The van der Waals surface area contributed by atoms with Crippen LogP contribution in [0.3, 0.4) is 0 Å². The number of halogens is 1. The Morgan fingerprint density at radius 1 is 1.45 bits per heavy atom. The summed E-state index contributed by atoms with van der Waals surface area (Å²) >= 11 is 3.46. The van der Waals surface area contributed by atoms with Crippen LogP contribution in [0, 0.1) is 0 Å². The van der Waals surface area contributed by atoms with Gasteiger partial charge in [0.1, 0.15) is 0 Å². The zero-order chi connectivity index (χ0) is 14.4. The molecule has 106 valence electrons. The van der Waals surface area contributed by atoms with E-state index in [0.717, 1.165) is 29.3 Å². The normalized spacial score (nSPS) is 10.7. The topological polar surface area (TPSA) is 44.9 Å². The van der Waals surface area contributed by atoms with Gasteiger partial charge in [-0.2, -0.15) is 0 Å². The molecular weight excluding hydrogens is 316 g/mol. The molecule has 0 bridgehead atoms. The standard InChI is InChI=1S/C16H19BrN2O/c1-2-3-4-5-16(20)18-9-8-12-11-19-15-10-13(17)6-7-14(12)15/h2,6-7,10-11,19H,1,3-5,8-9H2,(H,18,20). The van der Waals surface area contributed by atoms with Crippen LogP contribution in [0.15, 0.2) is 41.5 Å². The molecule has 1 amide bonds. The van der Waals surface area contributed by atoms with Gasteiger partial charge < -0.3 is 10.3 Å². The molecule has 0 unspecified atom stereocenters. The molecule has 1 aromatic carbocycles.